The summed E-state index contributed by atoms with van der Waals surface area (Å²) in [4.78, 5) is 2.43. The van der Waals surface area contributed by atoms with Gasteiger partial charge in [-0.25, -0.2) is 0 Å². The molecular formula is C14H21N3O2. The summed E-state index contributed by atoms with van der Waals surface area (Å²) < 4.78 is 10.7. The molecule has 1 aromatic rings. The zero-order valence-corrected chi connectivity index (χ0v) is 11.3. The molecule has 2 N–H and O–H groups in total. The van der Waals surface area contributed by atoms with Crippen LogP contribution in [0.25, 0.3) is 0 Å². The van der Waals surface area contributed by atoms with Crippen molar-refractivity contribution in [2.45, 2.75) is 12.5 Å². The summed E-state index contributed by atoms with van der Waals surface area (Å²) in [6.45, 7) is 4.62. The van der Waals surface area contributed by atoms with Gasteiger partial charge < -0.3 is 25.0 Å². The molecule has 1 fully saturated rings. The van der Waals surface area contributed by atoms with Crippen molar-refractivity contribution in [1.29, 1.82) is 0 Å². The number of nitrogens with zero attached hydrogens (tertiary/aromatic N) is 1. The number of ether oxygens (including phenoxy) is 2. The van der Waals surface area contributed by atoms with E-state index < -0.39 is 0 Å². The highest BCUT2D eigenvalue weighted by atomic mass is 16.7. The summed E-state index contributed by atoms with van der Waals surface area (Å²) in [7, 11) is 2.20. The van der Waals surface area contributed by atoms with Gasteiger partial charge in [-0.15, -0.1) is 0 Å². The molecule has 19 heavy (non-hydrogen) atoms. The Hall–Kier alpha value is -1.46. The van der Waals surface area contributed by atoms with Gasteiger partial charge in [-0.2, -0.15) is 0 Å². The molecule has 5 heteroatoms. The fourth-order valence-corrected chi connectivity index (χ4v) is 2.57. The van der Waals surface area contributed by atoms with E-state index in [2.05, 4.69) is 22.6 Å². The Labute approximate surface area is 113 Å². The Morgan fingerprint density at radius 3 is 3.16 bits per heavy atom. The molecule has 0 saturated carbocycles. The Kier molecular flexibility index (Phi) is 3.75. The summed E-state index contributed by atoms with van der Waals surface area (Å²) in [5.74, 6) is 1.67. The number of nitrogens with one attached hydrogen (secondary N) is 2. The van der Waals surface area contributed by atoms with Gasteiger partial charge in [0.05, 0.1) is 0 Å². The third kappa shape index (κ3) is 2.93. The summed E-state index contributed by atoms with van der Waals surface area (Å²) >= 11 is 0. The van der Waals surface area contributed by atoms with Gasteiger partial charge in [0, 0.05) is 44.0 Å². The second-order valence-corrected chi connectivity index (χ2v) is 5.12. The summed E-state index contributed by atoms with van der Waals surface area (Å²) in [6.07, 6.45) is 1.14. The maximum atomic E-state index is 5.37. The molecule has 0 spiro atoms. The van der Waals surface area contributed by atoms with Gasteiger partial charge in [0.15, 0.2) is 11.5 Å². The van der Waals surface area contributed by atoms with Gasteiger partial charge in [0.25, 0.3) is 0 Å². The predicted molar refractivity (Wildman–Crippen MR) is 75.0 cm³/mol. The van der Waals surface area contributed by atoms with Crippen LogP contribution in [0.15, 0.2) is 18.2 Å². The lowest BCUT2D eigenvalue weighted by Gasteiger charge is -2.33. The molecule has 0 aromatic heterocycles. The standard InChI is InChI=1S/C14H21N3O2/c1-17-7-6-15-9-12(17)4-5-16-11-2-3-13-14(8-11)19-10-18-13/h2-3,8,12,15-16H,4-7,9-10H2,1H3. The van der Waals surface area contributed by atoms with Crippen LogP contribution in [0.2, 0.25) is 0 Å². The lowest BCUT2D eigenvalue weighted by molar-refractivity contribution is 0.174. The molecular weight excluding hydrogens is 242 g/mol. The fourth-order valence-electron chi connectivity index (χ4n) is 2.57. The highest BCUT2D eigenvalue weighted by molar-refractivity contribution is 5.55. The molecule has 104 valence electrons. The number of benzene rings is 1. The van der Waals surface area contributed by atoms with E-state index >= 15 is 0 Å². The Morgan fingerprint density at radius 1 is 1.37 bits per heavy atom. The predicted octanol–water partition coefficient (Wildman–Crippen LogP) is 1.12. The molecule has 1 unspecified atom stereocenters. The van der Waals surface area contributed by atoms with Crippen LogP contribution >= 0.6 is 0 Å². The topological polar surface area (TPSA) is 45.8 Å². The minimum Gasteiger partial charge on any atom is -0.454 e. The van der Waals surface area contributed by atoms with Gasteiger partial charge in [0.2, 0.25) is 6.79 Å². The van der Waals surface area contributed by atoms with Crippen molar-refractivity contribution in [3.05, 3.63) is 18.2 Å². The van der Waals surface area contributed by atoms with E-state index in [1.165, 1.54) is 0 Å². The van der Waals surface area contributed by atoms with E-state index in [4.69, 9.17) is 9.47 Å². The van der Waals surface area contributed by atoms with Gasteiger partial charge in [-0.05, 0) is 25.6 Å². The average Bonchev–Trinajstić information content (AvgIpc) is 2.88. The van der Waals surface area contributed by atoms with Crippen molar-refractivity contribution in [1.82, 2.24) is 10.2 Å². The first-order valence-electron chi connectivity index (χ1n) is 6.87. The first kappa shape index (κ1) is 12.6. The number of hydrogen-bond donors (Lipinski definition) is 2. The fraction of sp³-hybridized carbons (Fsp3) is 0.571. The van der Waals surface area contributed by atoms with Gasteiger partial charge >= 0.3 is 0 Å². The SMILES string of the molecule is CN1CCNCC1CCNc1ccc2c(c1)OCO2. The van der Waals surface area contributed by atoms with E-state index in [1.54, 1.807) is 0 Å². The molecule has 2 aliphatic heterocycles. The lowest BCUT2D eigenvalue weighted by atomic mass is 10.1. The summed E-state index contributed by atoms with van der Waals surface area (Å²) in [6, 6.07) is 6.62. The molecule has 2 heterocycles. The Balaban J connectivity index is 1.49. The zero-order chi connectivity index (χ0) is 13.1. The molecule has 1 saturated heterocycles. The van der Waals surface area contributed by atoms with Crippen LogP contribution in [0.1, 0.15) is 6.42 Å². The molecule has 1 atom stereocenters. The quantitative estimate of drug-likeness (QED) is 0.852. The third-order valence-electron chi connectivity index (χ3n) is 3.82. The van der Waals surface area contributed by atoms with Crippen LogP contribution in [0, 0.1) is 0 Å². The highest BCUT2D eigenvalue weighted by Crippen LogP contribution is 2.34. The van der Waals surface area contributed by atoms with Gasteiger partial charge in [-0.1, -0.05) is 0 Å². The Bertz CT molecular complexity index is 439. The van der Waals surface area contributed by atoms with E-state index in [0.29, 0.717) is 12.8 Å². The minimum atomic E-state index is 0.331. The van der Waals surface area contributed by atoms with E-state index in [1.807, 2.05) is 18.2 Å². The maximum Gasteiger partial charge on any atom is 0.231 e. The molecule has 0 radical (unpaired) electrons. The monoisotopic (exact) mass is 263 g/mol. The number of hydrogen-bond acceptors (Lipinski definition) is 5. The maximum absolute atomic E-state index is 5.37. The van der Waals surface area contributed by atoms with Gasteiger partial charge in [0.1, 0.15) is 0 Å². The number of anilines is 1. The largest absolute Gasteiger partial charge is 0.454 e. The number of rotatable bonds is 4. The second-order valence-electron chi connectivity index (χ2n) is 5.12. The highest BCUT2D eigenvalue weighted by Gasteiger charge is 2.18. The van der Waals surface area contributed by atoms with Crippen LogP contribution in [-0.2, 0) is 0 Å². The molecule has 0 bridgehead atoms. The van der Waals surface area contributed by atoms with Crippen molar-refractivity contribution in [3.63, 3.8) is 0 Å². The zero-order valence-electron chi connectivity index (χ0n) is 11.3. The van der Waals surface area contributed by atoms with Crippen molar-refractivity contribution >= 4 is 5.69 Å². The normalized spacial score (nSPS) is 22.5. The van der Waals surface area contributed by atoms with E-state index in [0.717, 1.165) is 49.8 Å². The second kappa shape index (κ2) is 5.67. The molecule has 0 amide bonds. The molecule has 2 aliphatic rings. The molecule has 0 aliphatic carbocycles. The smallest absolute Gasteiger partial charge is 0.231 e. The van der Waals surface area contributed by atoms with Crippen LogP contribution in [-0.4, -0.2) is 51.0 Å². The van der Waals surface area contributed by atoms with Crippen LogP contribution in [0.4, 0.5) is 5.69 Å². The van der Waals surface area contributed by atoms with E-state index in [9.17, 15) is 0 Å². The average molecular weight is 263 g/mol. The Morgan fingerprint density at radius 2 is 2.26 bits per heavy atom. The first-order valence-corrected chi connectivity index (χ1v) is 6.87. The van der Waals surface area contributed by atoms with Crippen LogP contribution in [0.3, 0.4) is 0 Å². The number of fused-ring (bicyclic) bond motifs is 1. The van der Waals surface area contributed by atoms with Crippen molar-refractivity contribution in [2.24, 2.45) is 0 Å². The summed E-state index contributed by atoms with van der Waals surface area (Å²) in [5, 5.41) is 6.89. The minimum absolute atomic E-state index is 0.331. The first-order chi connectivity index (χ1) is 9.33. The summed E-state index contributed by atoms with van der Waals surface area (Å²) in [5.41, 5.74) is 1.09. The lowest BCUT2D eigenvalue weighted by Crippen LogP contribution is -2.49. The number of likely N-dealkylation sites (N-methyl/N-ethyl adjacent to an activating group) is 1. The molecule has 1 aromatic carbocycles. The van der Waals surface area contributed by atoms with Crippen LogP contribution < -0.4 is 20.1 Å². The van der Waals surface area contributed by atoms with Crippen molar-refractivity contribution in [2.75, 3.05) is 45.3 Å². The molecule has 3 rings (SSSR count). The van der Waals surface area contributed by atoms with Crippen molar-refractivity contribution < 1.29 is 9.47 Å². The van der Waals surface area contributed by atoms with Crippen molar-refractivity contribution in [3.8, 4) is 11.5 Å². The van der Waals surface area contributed by atoms with Crippen LogP contribution in [0.5, 0.6) is 11.5 Å². The van der Waals surface area contributed by atoms with Gasteiger partial charge in [-0.3, -0.25) is 0 Å². The molecule has 5 nitrogen and oxygen atoms in total. The third-order valence-corrected chi connectivity index (χ3v) is 3.82. The van der Waals surface area contributed by atoms with E-state index in [-0.39, 0.29) is 0 Å². The number of piperazine rings is 1.